The van der Waals surface area contributed by atoms with E-state index in [4.69, 9.17) is 14.2 Å². The van der Waals surface area contributed by atoms with Gasteiger partial charge in [0.1, 0.15) is 13.2 Å². The molecule has 0 aromatic heterocycles. The largest absolute Gasteiger partial charge is 0.462 e. The van der Waals surface area contributed by atoms with Gasteiger partial charge >= 0.3 is 17.9 Å². The number of carbonyl (C=O) groups is 3. The highest BCUT2D eigenvalue weighted by molar-refractivity contribution is 5.71. The number of unbranched alkanes of at least 4 members (excludes halogenated alkanes) is 29. The normalized spacial score (nSPS) is 13.0. The van der Waals surface area contributed by atoms with Crippen molar-refractivity contribution in [2.45, 2.75) is 322 Å². The third-order valence-corrected chi connectivity index (χ3v) is 14.6. The minimum atomic E-state index is -0.796. The monoisotopic (exact) mass is 1150 g/mol. The van der Waals surface area contributed by atoms with E-state index in [1.807, 2.05) is 0 Å². The number of rotatable bonds is 62. The van der Waals surface area contributed by atoms with Crippen molar-refractivity contribution in [1.29, 1.82) is 0 Å². The van der Waals surface area contributed by atoms with Crippen molar-refractivity contribution in [2.75, 3.05) is 13.2 Å². The molecule has 6 nitrogen and oxygen atoms in total. The maximum Gasteiger partial charge on any atom is 0.306 e. The summed E-state index contributed by atoms with van der Waals surface area (Å²) < 4.78 is 17.0. The van der Waals surface area contributed by atoms with Crippen molar-refractivity contribution < 1.29 is 28.6 Å². The Kier molecular flexibility index (Phi) is 66.3. The van der Waals surface area contributed by atoms with Gasteiger partial charge < -0.3 is 14.2 Å². The van der Waals surface area contributed by atoms with Crippen LogP contribution in [0.15, 0.2) is 134 Å². The molecule has 0 aliphatic heterocycles. The molecule has 0 aliphatic rings. The lowest BCUT2D eigenvalue weighted by Crippen LogP contribution is -2.30. The molecule has 0 spiro atoms. The average molecular weight is 1150 g/mol. The van der Waals surface area contributed by atoms with Gasteiger partial charge in [-0.2, -0.15) is 0 Å². The Morgan fingerprint density at radius 2 is 0.470 bits per heavy atom. The first-order valence-corrected chi connectivity index (χ1v) is 34.7. The summed E-state index contributed by atoms with van der Waals surface area (Å²) in [6, 6.07) is 0. The summed E-state index contributed by atoms with van der Waals surface area (Å²) in [5.41, 5.74) is 0. The Morgan fingerprint density at radius 1 is 0.253 bits per heavy atom. The van der Waals surface area contributed by atoms with Crippen LogP contribution in [0.4, 0.5) is 0 Å². The predicted octanol–water partition coefficient (Wildman–Crippen LogP) is 24.1. The van der Waals surface area contributed by atoms with Crippen LogP contribution in [-0.2, 0) is 28.6 Å². The fourth-order valence-corrected chi connectivity index (χ4v) is 9.43. The van der Waals surface area contributed by atoms with Gasteiger partial charge in [-0.05, 0) is 141 Å². The van der Waals surface area contributed by atoms with Crippen molar-refractivity contribution in [2.24, 2.45) is 0 Å². The topological polar surface area (TPSA) is 78.9 Å². The molecule has 0 saturated heterocycles. The Balaban J connectivity index is 4.38. The van der Waals surface area contributed by atoms with E-state index in [2.05, 4.69) is 154 Å². The Hall–Kier alpha value is -4.45. The maximum absolute atomic E-state index is 12.9. The number of hydrogen-bond acceptors (Lipinski definition) is 6. The lowest BCUT2D eigenvalue weighted by molar-refractivity contribution is -0.167. The van der Waals surface area contributed by atoms with E-state index in [0.29, 0.717) is 19.3 Å². The molecule has 0 amide bonds. The molecule has 0 aromatic carbocycles. The smallest absolute Gasteiger partial charge is 0.306 e. The summed E-state index contributed by atoms with van der Waals surface area (Å²) in [6.45, 7) is 6.50. The zero-order valence-corrected chi connectivity index (χ0v) is 54.2. The van der Waals surface area contributed by atoms with E-state index in [-0.39, 0.29) is 31.1 Å². The third-order valence-electron chi connectivity index (χ3n) is 14.6. The van der Waals surface area contributed by atoms with Crippen LogP contribution in [0.2, 0.25) is 0 Å². The number of hydrogen-bond donors (Lipinski definition) is 0. The quantitative estimate of drug-likeness (QED) is 0.0261. The molecule has 6 heteroatoms. The minimum Gasteiger partial charge on any atom is -0.462 e. The van der Waals surface area contributed by atoms with Crippen LogP contribution in [0.1, 0.15) is 316 Å². The van der Waals surface area contributed by atoms with Crippen molar-refractivity contribution in [3.8, 4) is 0 Å². The lowest BCUT2D eigenvalue weighted by atomic mass is 10.1. The van der Waals surface area contributed by atoms with Crippen LogP contribution >= 0.6 is 0 Å². The number of carbonyl (C=O) groups excluding carboxylic acids is 3. The van der Waals surface area contributed by atoms with E-state index in [0.717, 1.165) is 135 Å². The Morgan fingerprint density at radius 3 is 0.771 bits per heavy atom. The van der Waals surface area contributed by atoms with E-state index in [9.17, 15) is 14.4 Å². The molecule has 0 rings (SSSR count). The first-order chi connectivity index (χ1) is 41.0. The summed E-state index contributed by atoms with van der Waals surface area (Å²) in [5, 5.41) is 0. The molecule has 0 aliphatic carbocycles. The number of ether oxygens (including phenoxy) is 3. The first kappa shape index (κ1) is 78.5. The van der Waals surface area contributed by atoms with Crippen LogP contribution in [0, 0.1) is 0 Å². The molecule has 0 heterocycles. The zero-order chi connectivity index (χ0) is 59.9. The highest BCUT2D eigenvalue weighted by atomic mass is 16.6. The Bertz CT molecular complexity index is 1750. The van der Waals surface area contributed by atoms with Crippen molar-refractivity contribution in [3.63, 3.8) is 0 Å². The fourth-order valence-electron chi connectivity index (χ4n) is 9.43. The molecule has 1 unspecified atom stereocenters. The molecule has 0 saturated carbocycles. The average Bonchev–Trinajstić information content (AvgIpc) is 3.49. The number of esters is 3. The summed E-state index contributed by atoms with van der Waals surface area (Å²) in [5.74, 6) is -0.910. The van der Waals surface area contributed by atoms with E-state index in [1.165, 1.54) is 141 Å². The van der Waals surface area contributed by atoms with Gasteiger partial charge in [0, 0.05) is 19.3 Å². The highest BCUT2D eigenvalue weighted by Gasteiger charge is 2.19. The molecule has 472 valence electrons. The van der Waals surface area contributed by atoms with Crippen molar-refractivity contribution >= 4 is 17.9 Å². The molecular formula is C77H128O6. The van der Waals surface area contributed by atoms with Gasteiger partial charge in [-0.15, -0.1) is 0 Å². The second-order valence-corrected chi connectivity index (χ2v) is 22.7. The van der Waals surface area contributed by atoms with Crippen LogP contribution < -0.4 is 0 Å². The fraction of sp³-hybridized carbons (Fsp3) is 0.675. The van der Waals surface area contributed by atoms with Crippen molar-refractivity contribution in [3.05, 3.63) is 134 Å². The summed E-state index contributed by atoms with van der Waals surface area (Å²) in [6.07, 6.45) is 98.9. The van der Waals surface area contributed by atoms with Gasteiger partial charge in [0.2, 0.25) is 0 Å². The Labute approximate surface area is 513 Å². The SMILES string of the molecule is CC/C=C\C/C=C\C/C=C\C/C=C\C/C=C\C/C=C\C/C=C\C/C=C\CCCCCCCCC(=O)OCC(COC(=O)CCCCCCCCC/C=C\CCCCCCCC)OC(=O)CCCCCCCCC/C=C\C/C=C\CCCCC. The van der Waals surface area contributed by atoms with Gasteiger partial charge in [-0.1, -0.05) is 289 Å². The first-order valence-electron chi connectivity index (χ1n) is 34.7. The molecule has 1 atom stereocenters. The van der Waals surface area contributed by atoms with Crippen LogP contribution in [0.3, 0.4) is 0 Å². The maximum atomic E-state index is 12.9. The third kappa shape index (κ3) is 68.2. The van der Waals surface area contributed by atoms with Crippen molar-refractivity contribution in [1.82, 2.24) is 0 Å². The highest BCUT2D eigenvalue weighted by Crippen LogP contribution is 2.15. The lowest BCUT2D eigenvalue weighted by Gasteiger charge is -2.18. The molecule has 83 heavy (non-hydrogen) atoms. The van der Waals surface area contributed by atoms with Gasteiger partial charge in [-0.25, -0.2) is 0 Å². The van der Waals surface area contributed by atoms with E-state index in [1.54, 1.807) is 0 Å². The number of allylic oxidation sites excluding steroid dienone is 22. The predicted molar refractivity (Wildman–Crippen MR) is 362 cm³/mol. The zero-order valence-electron chi connectivity index (χ0n) is 54.2. The summed E-state index contributed by atoms with van der Waals surface area (Å²) >= 11 is 0. The second-order valence-electron chi connectivity index (χ2n) is 22.7. The van der Waals surface area contributed by atoms with Gasteiger partial charge in [0.25, 0.3) is 0 Å². The van der Waals surface area contributed by atoms with E-state index < -0.39 is 6.10 Å². The summed E-state index contributed by atoms with van der Waals surface area (Å²) in [4.78, 5) is 38.4. The van der Waals surface area contributed by atoms with Gasteiger partial charge in [-0.3, -0.25) is 14.4 Å². The van der Waals surface area contributed by atoms with Gasteiger partial charge in [0.05, 0.1) is 0 Å². The molecule has 0 radical (unpaired) electrons. The van der Waals surface area contributed by atoms with Gasteiger partial charge in [0.15, 0.2) is 6.10 Å². The molecule has 0 bridgehead atoms. The van der Waals surface area contributed by atoms with Crippen LogP contribution in [-0.4, -0.2) is 37.2 Å². The van der Waals surface area contributed by atoms with E-state index >= 15 is 0 Å². The second kappa shape index (κ2) is 70.0. The molecular weight excluding hydrogens is 1020 g/mol. The molecule has 0 aromatic rings. The summed E-state index contributed by atoms with van der Waals surface area (Å²) in [7, 11) is 0. The standard InChI is InChI=1S/C77H128O6/c1-4-7-10-13-16-19-22-25-28-31-32-33-34-35-36-37-38-39-40-41-42-43-44-47-49-52-55-58-61-64-67-70-76(79)82-73-74(83-77(80)71-68-65-62-59-56-53-50-46-30-27-24-21-18-15-12-9-6-3)72-81-75(78)69-66-63-60-57-54-51-48-45-29-26-23-20-17-14-11-8-5-2/h7,10,16,18-19,21,25-30,32-33,35-36,38-39,41-42,44,47,74H,4-6,8-9,11-15,17,20,22-24,31,34,37,40,43,45-46,48-73H2,1-3H3/b10-7-,19-16-,21-18-,28-25-,29-26-,30-27-,33-32-,36-35-,39-38-,42-41-,47-44-. The molecule has 0 N–H and O–H groups in total. The minimum absolute atomic E-state index is 0.0901. The van der Waals surface area contributed by atoms with Crippen LogP contribution in [0.25, 0.3) is 0 Å². The molecule has 0 fully saturated rings. The van der Waals surface area contributed by atoms with Crippen LogP contribution in [0.5, 0.6) is 0 Å².